The molecule has 2 heterocycles. The van der Waals surface area contributed by atoms with Crippen LogP contribution >= 0.6 is 0 Å². The zero-order valence-corrected chi connectivity index (χ0v) is 12.6. The summed E-state index contributed by atoms with van der Waals surface area (Å²) >= 11 is 0. The van der Waals surface area contributed by atoms with Crippen LogP contribution in [-0.4, -0.2) is 29.8 Å². The number of hydrogen-bond donors (Lipinski definition) is 0. The second-order valence-electron chi connectivity index (χ2n) is 6.53. The molecule has 0 aliphatic carbocycles. The number of nitrogens with zero attached hydrogens (tertiary/aromatic N) is 1. The lowest BCUT2D eigenvalue weighted by Gasteiger charge is -2.35. The summed E-state index contributed by atoms with van der Waals surface area (Å²) in [7, 11) is 2.23. The monoisotopic (exact) mass is 271 g/mol. The van der Waals surface area contributed by atoms with Gasteiger partial charge in [-0.05, 0) is 50.3 Å². The van der Waals surface area contributed by atoms with Crippen LogP contribution in [0.1, 0.15) is 43.7 Å². The van der Waals surface area contributed by atoms with Gasteiger partial charge in [0.15, 0.2) is 0 Å². The largest absolute Gasteiger partial charge is 0.300 e. The third-order valence-corrected chi connectivity index (χ3v) is 5.36. The molecule has 1 aromatic rings. The second-order valence-corrected chi connectivity index (χ2v) is 6.53. The van der Waals surface area contributed by atoms with Crippen LogP contribution in [0, 0.1) is 5.92 Å². The summed E-state index contributed by atoms with van der Waals surface area (Å²) in [6.45, 7) is 2.16. The predicted octanol–water partition coefficient (Wildman–Crippen LogP) is 3.23. The minimum absolute atomic E-state index is 0.301. The quantitative estimate of drug-likeness (QED) is 0.838. The Labute approximate surface area is 122 Å². The summed E-state index contributed by atoms with van der Waals surface area (Å²) in [6, 6.07) is 9.87. The standard InChI is InChI=1S/C18H25NO/c1-3-13-4-6-14(7-5-13)10-18(20)15-11-16-8-9-17(12-15)19(16)2/h4-7,15-17H,3,8-12H2,1-2H3. The van der Waals surface area contributed by atoms with E-state index >= 15 is 0 Å². The predicted molar refractivity (Wildman–Crippen MR) is 81.8 cm³/mol. The van der Waals surface area contributed by atoms with E-state index in [9.17, 15) is 4.79 Å². The molecule has 0 radical (unpaired) electrons. The Morgan fingerprint density at radius 3 is 2.20 bits per heavy atom. The van der Waals surface area contributed by atoms with Gasteiger partial charge in [0, 0.05) is 24.4 Å². The molecule has 0 N–H and O–H groups in total. The summed E-state index contributed by atoms with van der Waals surface area (Å²) in [4.78, 5) is 15.0. The van der Waals surface area contributed by atoms with Crippen molar-refractivity contribution in [2.24, 2.45) is 5.92 Å². The lowest BCUT2D eigenvalue weighted by molar-refractivity contribution is -0.124. The van der Waals surface area contributed by atoms with Crippen molar-refractivity contribution in [2.45, 2.75) is 57.5 Å². The molecule has 0 saturated carbocycles. The van der Waals surface area contributed by atoms with Gasteiger partial charge in [0.25, 0.3) is 0 Å². The van der Waals surface area contributed by atoms with Crippen LogP contribution in [0.4, 0.5) is 0 Å². The first-order valence-corrected chi connectivity index (χ1v) is 8.00. The molecular formula is C18H25NO. The number of aryl methyl sites for hydroxylation is 1. The van der Waals surface area contributed by atoms with E-state index in [-0.39, 0.29) is 0 Å². The zero-order valence-electron chi connectivity index (χ0n) is 12.6. The normalized spacial score (nSPS) is 29.6. The minimum atomic E-state index is 0.301. The fourth-order valence-electron chi connectivity index (χ4n) is 3.91. The van der Waals surface area contributed by atoms with Crippen molar-refractivity contribution in [3.8, 4) is 0 Å². The molecule has 2 saturated heterocycles. The fraction of sp³-hybridized carbons (Fsp3) is 0.611. The maximum absolute atomic E-state index is 12.5. The maximum atomic E-state index is 12.5. The summed E-state index contributed by atoms with van der Waals surface area (Å²) < 4.78 is 0. The molecule has 0 amide bonds. The number of fused-ring (bicyclic) bond motifs is 2. The van der Waals surface area contributed by atoms with Gasteiger partial charge in [0.2, 0.25) is 0 Å². The highest BCUT2D eigenvalue weighted by molar-refractivity contribution is 5.83. The van der Waals surface area contributed by atoms with Crippen molar-refractivity contribution in [1.82, 2.24) is 4.90 Å². The first kappa shape index (κ1) is 13.8. The molecule has 2 heteroatoms. The molecule has 0 spiro atoms. The van der Waals surface area contributed by atoms with E-state index < -0.39 is 0 Å². The lowest BCUT2D eigenvalue weighted by atomic mass is 9.85. The molecule has 20 heavy (non-hydrogen) atoms. The molecule has 2 fully saturated rings. The number of carbonyl (C=O) groups excluding carboxylic acids is 1. The second kappa shape index (κ2) is 5.69. The van der Waals surface area contributed by atoms with Crippen molar-refractivity contribution in [3.63, 3.8) is 0 Å². The lowest BCUT2D eigenvalue weighted by Crippen LogP contribution is -2.42. The summed E-state index contributed by atoms with van der Waals surface area (Å²) in [6.07, 6.45) is 6.43. The molecular weight excluding hydrogens is 246 g/mol. The molecule has 1 aromatic carbocycles. The van der Waals surface area contributed by atoms with Gasteiger partial charge < -0.3 is 4.90 Å². The third kappa shape index (κ3) is 2.67. The Kier molecular flexibility index (Phi) is 3.93. The van der Waals surface area contributed by atoms with Crippen LogP contribution < -0.4 is 0 Å². The van der Waals surface area contributed by atoms with Gasteiger partial charge in [0.1, 0.15) is 5.78 Å². The van der Waals surface area contributed by atoms with E-state index in [4.69, 9.17) is 0 Å². The van der Waals surface area contributed by atoms with E-state index in [2.05, 4.69) is 43.1 Å². The number of carbonyl (C=O) groups is 1. The Morgan fingerprint density at radius 2 is 1.65 bits per heavy atom. The Hall–Kier alpha value is -1.15. The number of Topliss-reactive ketones (excluding diaryl/α,β-unsaturated/α-hetero) is 1. The van der Waals surface area contributed by atoms with Gasteiger partial charge in [-0.1, -0.05) is 31.2 Å². The molecule has 2 bridgehead atoms. The smallest absolute Gasteiger partial charge is 0.140 e. The van der Waals surface area contributed by atoms with E-state index in [1.54, 1.807) is 0 Å². The Balaban J connectivity index is 1.62. The van der Waals surface area contributed by atoms with Gasteiger partial charge in [-0.2, -0.15) is 0 Å². The highest BCUT2D eigenvalue weighted by Crippen LogP contribution is 2.38. The number of benzene rings is 1. The van der Waals surface area contributed by atoms with E-state index in [0.29, 0.717) is 30.2 Å². The van der Waals surface area contributed by atoms with Crippen LogP contribution in [0.15, 0.2) is 24.3 Å². The molecule has 2 unspecified atom stereocenters. The Morgan fingerprint density at radius 1 is 1.10 bits per heavy atom. The summed E-state index contributed by atoms with van der Waals surface area (Å²) in [5.41, 5.74) is 2.53. The highest BCUT2D eigenvalue weighted by Gasteiger charge is 2.40. The van der Waals surface area contributed by atoms with Gasteiger partial charge in [-0.15, -0.1) is 0 Å². The van der Waals surface area contributed by atoms with E-state index in [0.717, 1.165) is 19.3 Å². The number of hydrogen-bond acceptors (Lipinski definition) is 2. The highest BCUT2D eigenvalue weighted by atomic mass is 16.1. The van der Waals surface area contributed by atoms with Crippen LogP contribution in [-0.2, 0) is 17.6 Å². The van der Waals surface area contributed by atoms with Crippen LogP contribution in [0.5, 0.6) is 0 Å². The van der Waals surface area contributed by atoms with Crippen molar-refractivity contribution in [2.75, 3.05) is 7.05 Å². The average molecular weight is 271 g/mol. The maximum Gasteiger partial charge on any atom is 0.140 e. The molecule has 2 aliphatic heterocycles. The third-order valence-electron chi connectivity index (χ3n) is 5.36. The van der Waals surface area contributed by atoms with Gasteiger partial charge in [-0.25, -0.2) is 0 Å². The first-order chi connectivity index (χ1) is 9.67. The zero-order chi connectivity index (χ0) is 14.1. The van der Waals surface area contributed by atoms with Gasteiger partial charge >= 0.3 is 0 Å². The van der Waals surface area contributed by atoms with Crippen LogP contribution in [0.3, 0.4) is 0 Å². The molecule has 108 valence electrons. The van der Waals surface area contributed by atoms with Crippen molar-refractivity contribution in [3.05, 3.63) is 35.4 Å². The summed E-state index contributed by atoms with van der Waals surface area (Å²) in [5, 5.41) is 0. The SMILES string of the molecule is CCc1ccc(CC(=O)C2CC3CCC(C2)N3C)cc1. The van der Waals surface area contributed by atoms with Gasteiger partial charge in [-0.3, -0.25) is 4.79 Å². The number of rotatable bonds is 4. The fourth-order valence-corrected chi connectivity index (χ4v) is 3.91. The average Bonchev–Trinajstić information content (AvgIpc) is 2.68. The number of ketones is 1. The Bertz CT molecular complexity index is 465. The van der Waals surface area contributed by atoms with Gasteiger partial charge in [0.05, 0.1) is 0 Å². The van der Waals surface area contributed by atoms with E-state index in [1.807, 2.05) is 0 Å². The van der Waals surface area contributed by atoms with Crippen LogP contribution in [0.25, 0.3) is 0 Å². The molecule has 2 atom stereocenters. The van der Waals surface area contributed by atoms with Crippen molar-refractivity contribution >= 4 is 5.78 Å². The summed E-state index contributed by atoms with van der Waals surface area (Å²) in [5.74, 6) is 0.758. The molecule has 2 aliphatic rings. The minimum Gasteiger partial charge on any atom is -0.300 e. The van der Waals surface area contributed by atoms with Crippen molar-refractivity contribution < 1.29 is 4.79 Å². The molecule has 3 rings (SSSR count). The number of piperidine rings is 1. The molecule has 0 aromatic heterocycles. The van der Waals surface area contributed by atoms with Crippen LogP contribution in [0.2, 0.25) is 0 Å². The first-order valence-electron chi connectivity index (χ1n) is 8.00. The van der Waals surface area contributed by atoms with E-state index in [1.165, 1.54) is 24.0 Å². The van der Waals surface area contributed by atoms with Crippen molar-refractivity contribution in [1.29, 1.82) is 0 Å². The topological polar surface area (TPSA) is 20.3 Å². The molecule has 2 nitrogen and oxygen atoms in total.